The van der Waals surface area contributed by atoms with E-state index >= 15 is 0 Å². The van der Waals surface area contributed by atoms with E-state index in [9.17, 15) is 9.59 Å². The van der Waals surface area contributed by atoms with Gasteiger partial charge in [-0.2, -0.15) is 0 Å². The zero-order valence-corrected chi connectivity index (χ0v) is 11.9. The molecule has 2 atom stereocenters. The second-order valence-corrected chi connectivity index (χ2v) is 6.15. The van der Waals surface area contributed by atoms with Gasteiger partial charge in [0.2, 0.25) is 5.91 Å². The van der Waals surface area contributed by atoms with Crippen molar-refractivity contribution in [2.75, 3.05) is 13.1 Å². The molecule has 110 valence electrons. The quantitative estimate of drug-likeness (QED) is 0.796. The van der Waals surface area contributed by atoms with Crippen molar-refractivity contribution in [3.63, 3.8) is 0 Å². The highest BCUT2D eigenvalue weighted by Crippen LogP contribution is 2.29. The summed E-state index contributed by atoms with van der Waals surface area (Å²) in [6.07, 6.45) is 1.81. The first-order valence-corrected chi connectivity index (χ1v) is 7.65. The van der Waals surface area contributed by atoms with Gasteiger partial charge in [-0.15, -0.1) is 0 Å². The lowest BCUT2D eigenvalue weighted by molar-refractivity contribution is -0.123. The van der Waals surface area contributed by atoms with E-state index in [2.05, 4.69) is 10.6 Å². The maximum Gasteiger partial charge on any atom is 0.254 e. The molecule has 2 unspecified atom stereocenters. The summed E-state index contributed by atoms with van der Waals surface area (Å²) in [6.45, 7) is 3.07. The molecule has 3 heterocycles. The molecule has 1 aromatic rings. The van der Waals surface area contributed by atoms with Gasteiger partial charge in [-0.1, -0.05) is 6.07 Å². The highest BCUT2D eigenvalue weighted by atomic mass is 16.2. The van der Waals surface area contributed by atoms with E-state index in [-0.39, 0.29) is 23.8 Å². The van der Waals surface area contributed by atoms with Crippen LogP contribution in [0.5, 0.6) is 0 Å². The molecule has 2 saturated heterocycles. The van der Waals surface area contributed by atoms with Crippen molar-refractivity contribution in [1.82, 2.24) is 15.5 Å². The van der Waals surface area contributed by atoms with Gasteiger partial charge in [-0.05, 0) is 36.1 Å². The van der Waals surface area contributed by atoms with Gasteiger partial charge in [-0.25, -0.2) is 0 Å². The molecule has 3 aliphatic rings. The SMILES string of the molecule is O=C1NCC2C1CCCN2C(=O)c1ccc2c(c1)CNC2. The van der Waals surface area contributed by atoms with Crippen LogP contribution in [-0.4, -0.2) is 35.8 Å². The van der Waals surface area contributed by atoms with Gasteiger partial charge >= 0.3 is 0 Å². The maximum absolute atomic E-state index is 12.8. The van der Waals surface area contributed by atoms with E-state index in [1.54, 1.807) is 0 Å². The topological polar surface area (TPSA) is 61.4 Å². The lowest BCUT2D eigenvalue weighted by Crippen LogP contribution is -2.48. The molecule has 2 N–H and O–H groups in total. The minimum atomic E-state index is -0.0150. The number of nitrogens with one attached hydrogen (secondary N) is 2. The number of amides is 2. The van der Waals surface area contributed by atoms with Gasteiger partial charge in [0, 0.05) is 31.7 Å². The molecule has 0 saturated carbocycles. The minimum absolute atomic E-state index is 0.0150. The molecule has 0 radical (unpaired) electrons. The molecule has 5 heteroatoms. The highest BCUT2D eigenvalue weighted by Gasteiger charge is 2.42. The van der Waals surface area contributed by atoms with E-state index in [1.165, 1.54) is 11.1 Å². The molecule has 2 fully saturated rings. The molecular weight excluding hydrogens is 266 g/mol. The summed E-state index contributed by atoms with van der Waals surface area (Å²) in [4.78, 5) is 26.5. The van der Waals surface area contributed by atoms with E-state index in [0.29, 0.717) is 6.54 Å². The summed E-state index contributed by atoms with van der Waals surface area (Å²) in [5.41, 5.74) is 3.24. The van der Waals surface area contributed by atoms with E-state index in [4.69, 9.17) is 0 Å². The molecule has 0 bridgehead atoms. The number of rotatable bonds is 1. The van der Waals surface area contributed by atoms with Crippen molar-refractivity contribution in [1.29, 1.82) is 0 Å². The number of fused-ring (bicyclic) bond motifs is 2. The van der Waals surface area contributed by atoms with Gasteiger partial charge in [0.05, 0.1) is 12.0 Å². The summed E-state index contributed by atoms with van der Waals surface area (Å²) in [5.74, 6) is 0.158. The molecule has 4 rings (SSSR count). The standard InChI is InChI=1S/C16H19N3O2/c20-15-13-2-1-5-19(14(13)9-18-15)16(21)10-3-4-11-7-17-8-12(11)6-10/h3-4,6,13-14,17H,1-2,5,7-9H2,(H,18,20). The first kappa shape index (κ1) is 12.8. The third-order valence-electron chi connectivity index (χ3n) is 4.95. The van der Waals surface area contributed by atoms with Crippen LogP contribution in [0.1, 0.15) is 34.3 Å². The van der Waals surface area contributed by atoms with Gasteiger partial charge in [0.15, 0.2) is 0 Å². The van der Waals surface area contributed by atoms with Crippen molar-refractivity contribution in [2.45, 2.75) is 32.0 Å². The van der Waals surface area contributed by atoms with Crippen LogP contribution in [0, 0.1) is 5.92 Å². The molecule has 0 aliphatic carbocycles. The number of nitrogens with zero attached hydrogens (tertiary/aromatic N) is 1. The maximum atomic E-state index is 12.8. The van der Waals surface area contributed by atoms with E-state index in [0.717, 1.165) is 38.0 Å². The van der Waals surface area contributed by atoms with Crippen molar-refractivity contribution in [2.24, 2.45) is 5.92 Å². The Morgan fingerprint density at radius 2 is 2.10 bits per heavy atom. The van der Waals surface area contributed by atoms with Crippen LogP contribution < -0.4 is 10.6 Å². The van der Waals surface area contributed by atoms with Gasteiger partial charge in [0.25, 0.3) is 5.91 Å². The first-order valence-electron chi connectivity index (χ1n) is 7.65. The smallest absolute Gasteiger partial charge is 0.254 e. The Morgan fingerprint density at radius 3 is 3.00 bits per heavy atom. The van der Waals surface area contributed by atoms with Crippen molar-refractivity contribution < 1.29 is 9.59 Å². The van der Waals surface area contributed by atoms with E-state index < -0.39 is 0 Å². The van der Waals surface area contributed by atoms with Gasteiger partial charge < -0.3 is 15.5 Å². The molecule has 21 heavy (non-hydrogen) atoms. The largest absolute Gasteiger partial charge is 0.354 e. The third-order valence-corrected chi connectivity index (χ3v) is 4.95. The average Bonchev–Trinajstić information content (AvgIpc) is 3.12. The second-order valence-electron chi connectivity index (χ2n) is 6.15. The van der Waals surface area contributed by atoms with Crippen LogP contribution in [-0.2, 0) is 17.9 Å². The van der Waals surface area contributed by atoms with Gasteiger partial charge in [-0.3, -0.25) is 9.59 Å². The lowest BCUT2D eigenvalue weighted by Gasteiger charge is -2.36. The Morgan fingerprint density at radius 1 is 1.24 bits per heavy atom. The summed E-state index contributed by atoms with van der Waals surface area (Å²) < 4.78 is 0. The zero-order valence-electron chi connectivity index (χ0n) is 11.9. The summed E-state index contributed by atoms with van der Waals surface area (Å²) in [6, 6.07) is 6.00. The number of carbonyl (C=O) groups excluding carboxylic acids is 2. The zero-order chi connectivity index (χ0) is 14.4. The van der Waals surface area contributed by atoms with Crippen LogP contribution in [0.4, 0.5) is 0 Å². The summed E-state index contributed by atoms with van der Waals surface area (Å²) in [5, 5.41) is 6.19. The molecule has 0 aromatic heterocycles. The first-order chi connectivity index (χ1) is 10.2. The fourth-order valence-corrected chi connectivity index (χ4v) is 3.80. The Hall–Kier alpha value is -1.88. The average molecular weight is 285 g/mol. The third kappa shape index (κ3) is 2.03. The molecule has 3 aliphatic heterocycles. The minimum Gasteiger partial charge on any atom is -0.354 e. The molecule has 5 nitrogen and oxygen atoms in total. The van der Waals surface area contributed by atoms with Crippen LogP contribution in [0.25, 0.3) is 0 Å². The van der Waals surface area contributed by atoms with Crippen molar-refractivity contribution in [3.8, 4) is 0 Å². The van der Waals surface area contributed by atoms with E-state index in [1.807, 2.05) is 23.1 Å². The highest BCUT2D eigenvalue weighted by molar-refractivity contribution is 5.96. The Labute approximate surface area is 123 Å². The predicted octanol–water partition coefficient (Wildman–Crippen LogP) is 0.640. The summed E-state index contributed by atoms with van der Waals surface area (Å²) >= 11 is 0. The second kappa shape index (κ2) is 4.84. The Kier molecular flexibility index (Phi) is 2.96. The van der Waals surface area contributed by atoms with Crippen LogP contribution in [0.3, 0.4) is 0 Å². The molecule has 1 aromatic carbocycles. The fraction of sp³-hybridized carbons (Fsp3) is 0.500. The lowest BCUT2D eigenvalue weighted by atomic mass is 9.91. The molecule has 2 amide bonds. The number of piperidine rings is 1. The van der Waals surface area contributed by atoms with Crippen LogP contribution in [0.15, 0.2) is 18.2 Å². The number of hydrogen-bond acceptors (Lipinski definition) is 3. The van der Waals surface area contributed by atoms with Gasteiger partial charge in [0.1, 0.15) is 0 Å². The summed E-state index contributed by atoms with van der Waals surface area (Å²) in [7, 11) is 0. The molecular formula is C16H19N3O2. The fourth-order valence-electron chi connectivity index (χ4n) is 3.80. The Balaban J connectivity index is 1.60. The van der Waals surface area contributed by atoms with Crippen molar-refractivity contribution in [3.05, 3.63) is 34.9 Å². The normalized spacial score (nSPS) is 27.2. The predicted molar refractivity (Wildman–Crippen MR) is 77.5 cm³/mol. The number of likely N-dealkylation sites (tertiary alicyclic amines) is 1. The number of benzene rings is 1. The van der Waals surface area contributed by atoms with Crippen LogP contribution >= 0.6 is 0 Å². The number of carbonyl (C=O) groups is 2. The molecule has 0 spiro atoms. The Bertz CT molecular complexity index is 614. The number of hydrogen-bond donors (Lipinski definition) is 2. The van der Waals surface area contributed by atoms with Crippen LogP contribution in [0.2, 0.25) is 0 Å². The van der Waals surface area contributed by atoms with Crippen molar-refractivity contribution >= 4 is 11.8 Å². The monoisotopic (exact) mass is 285 g/mol.